The minimum absolute atomic E-state index is 0.0226. The van der Waals surface area contributed by atoms with Crippen molar-refractivity contribution in [1.29, 1.82) is 0 Å². The van der Waals surface area contributed by atoms with Crippen LogP contribution in [0.1, 0.15) is 31.4 Å². The van der Waals surface area contributed by atoms with Gasteiger partial charge in [-0.25, -0.2) is 4.39 Å². The highest BCUT2D eigenvalue weighted by Crippen LogP contribution is 2.32. The first-order valence-electron chi connectivity index (χ1n) is 6.87. The van der Waals surface area contributed by atoms with Gasteiger partial charge in [0.25, 0.3) is 0 Å². The van der Waals surface area contributed by atoms with E-state index >= 15 is 0 Å². The first kappa shape index (κ1) is 14.3. The fourth-order valence-corrected chi connectivity index (χ4v) is 2.77. The number of aliphatic hydroxyl groups excluding tert-OH is 1. The number of nitrogens with zero attached hydrogens (tertiary/aromatic N) is 1. The fraction of sp³-hybridized carbons (Fsp3) is 0.600. The van der Waals surface area contributed by atoms with Gasteiger partial charge in [-0.2, -0.15) is 0 Å². The minimum Gasteiger partial charge on any atom is -0.393 e. The summed E-state index contributed by atoms with van der Waals surface area (Å²) in [5.74, 6) is 0.348. The maximum Gasteiger partial charge on any atom is 0.130 e. The quantitative estimate of drug-likeness (QED) is 0.858. The van der Waals surface area contributed by atoms with Gasteiger partial charge in [0.2, 0.25) is 0 Å². The minimum atomic E-state index is -0.167. The molecular formula is C15H23FN2O. The second-order valence-electron chi connectivity index (χ2n) is 5.55. The predicted octanol–water partition coefficient (Wildman–Crippen LogP) is 2.31. The lowest BCUT2D eigenvalue weighted by molar-refractivity contribution is 0.0464. The number of nitrogens with one attached hydrogen (secondary N) is 1. The van der Waals surface area contributed by atoms with Gasteiger partial charge in [0.15, 0.2) is 0 Å². The molecule has 1 atom stereocenters. The van der Waals surface area contributed by atoms with E-state index in [4.69, 9.17) is 0 Å². The van der Waals surface area contributed by atoms with Crippen molar-refractivity contribution >= 4 is 5.69 Å². The molecule has 1 fully saturated rings. The highest BCUT2D eigenvalue weighted by atomic mass is 19.1. The summed E-state index contributed by atoms with van der Waals surface area (Å²) in [6.07, 6.45) is 1.58. The lowest BCUT2D eigenvalue weighted by Gasteiger charge is -2.36. The van der Waals surface area contributed by atoms with E-state index in [0.29, 0.717) is 11.5 Å². The smallest absolute Gasteiger partial charge is 0.130 e. The molecule has 0 bridgehead atoms. The van der Waals surface area contributed by atoms with Gasteiger partial charge in [-0.15, -0.1) is 0 Å². The molecule has 0 heterocycles. The van der Waals surface area contributed by atoms with Crippen LogP contribution in [0.25, 0.3) is 0 Å². The van der Waals surface area contributed by atoms with Crippen molar-refractivity contribution in [2.45, 2.75) is 31.9 Å². The molecule has 0 aliphatic heterocycles. The molecule has 19 heavy (non-hydrogen) atoms. The van der Waals surface area contributed by atoms with E-state index in [-0.39, 0.29) is 18.0 Å². The van der Waals surface area contributed by atoms with Crippen molar-refractivity contribution in [2.75, 3.05) is 25.5 Å². The van der Waals surface area contributed by atoms with Crippen LogP contribution in [0.15, 0.2) is 18.2 Å². The molecule has 0 amide bonds. The molecule has 0 spiro atoms. The van der Waals surface area contributed by atoms with E-state index in [1.807, 2.05) is 27.1 Å². The third-order valence-corrected chi connectivity index (χ3v) is 4.05. The van der Waals surface area contributed by atoms with Crippen LogP contribution in [0, 0.1) is 11.7 Å². The molecule has 4 heteroatoms. The van der Waals surface area contributed by atoms with Crippen molar-refractivity contribution in [1.82, 2.24) is 5.32 Å². The molecule has 2 N–H and O–H groups in total. The van der Waals surface area contributed by atoms with E-state index in [0.717, 1.165) is 25.1 Å². The van der Waals surface area contributed by atoms with Gasteiger partial charge < -0.3 is 15.3 Å². The molecule has 0 saturated heterocycles. The molecule has 0 radical (unpaired) electrons. The summed E-state index contributed by atoms with van der Waals surface area (Å²) in [4.78, 5) is 2.10. The highest BCUT2D eigenvalue weighted by Gasteiger charge is 2.29. The summed E-state index contributed by atoms with van der Waals surface area (Å²) in [6, 6.07) is 5.20. The van der Waals surface area contributed by atoms with Gasteiger partial charge in [-0.1, -0.05) is 6.07 Å². The van der Waals surface area contributed by atoms with Crippen LogP contribution in [0.3, 0.4) is 0 Å². The summed E-state index contributed by atoms with van der Waals surface area (Å²) >= 11 is 0. The van der Waals surface area contributed by atoms with Gasteiger partial charge in [0.05, 0.1) is 6.10 Å². The Kier molecular flexibility index (Phi) is 4.42. The van der Waals surface area contributed by atoms with Crippen LogP contribution in [0.4, 0.5) is 10.1 Å². The number of aliphatic hydroxyl groups is 1. The standard InChI is InChI=1S/C15H23FN2O/c1-10(17-2)15-13(16)5-4-6-14(15)18(3)9-11-7-12(19)8-11/h4-6,10-12,17,19H,7-9H2,1-3H3. The Labute approximate surface area is 114 Å². The zero-order valence-electron chi connectivity index (χ0n) is 11.9. The van der Waals surface area contributed by atoms with Crippen molar-refractivity contribution < 1.29 is 9.50 Å². The largest absolute Gasteiger partial charge is 0.393 e. The molecule has 1 aliphatic rings. The topological polar surface area (TPSA) is 35.5 Å². The van der Waals surface area contributed by atoms with Crippen LogP contribution in [0.2, 0.25) is 0 Å². The molecule has 1 aromatic carbocycles. The Hall–Kier alpha value is -1.13. The summed E-state index contributed by atoms with van der Waals surface area (Å²) in [6.45, 7) is 2.83. The summed E-state index contributed by atoms with van der Waals surface area (Å²) in [7, 11) is 3.83. The Morgan fingerprint density at radius 2 is 2.16 bits per heavy atom. The van der Waals surface area contributed by atoms with E-state index in [1.165, 1.54) is 6.07 Å². The van der Waals surface area contributed by atoms with Crippen molar-refractivity contribution in [2.24, 2.45) is 5.92 Å². The van der Waals surface area contributed by atoms with Crippen LogP contribution < -0.4 is 10.2 Å². The molecule has 1 saturated carbocycles. The third kappa shape index (κ3) is 3.07. The summed E-state index contributed by atoms with van der Waals surface area (Å²) in [5, 5.41) is 12.4. The number of rotatable bonds is 5. The molecule has 106 valence electrons. The monoisotopic (exact) mass is 266 g/mol. The Balaban J connectivity index is 2.16. The molecule has 1 aromatic rings. The molecule has 2 rings (SSSR count). The number of halogens is 1. The third-order valence-electron chi connectivity index (χ3n) is 4.05. The van der Waals surface area contributed by atoms with Crippen molar-refractivity contribution in [3.63, 3.8) is 0 Å². The summed E-state index contributed by atoms with van der Waals surface area (Å²) in [5.41, 5.74) is 1.65. The van der Waals surface area contributed by atoms with Crippen LogP contribution in [-0.4, -0.2) is 31.9 Å². The number of hydrogen-bond acceptors (Lipinski definition) is 3. The van der Waals surface area contributed by atoms with Gasteiger partial charge >= 0.3 is 0 Å². The van der Waals surface area contributed by atoms with Gasteiger partial charge in [-0.3, -0.25) is 0 Å². The van der Waals surface area contributed by atoms with Crippen molar-refractivity contribution in [3.8, 4) is 0 Å². The SMILES string of the molecule is CNC(C)c1c(F)cccc1N(C)CC1CC(O)C1. The number of anilines is 1. The Morgan fingerprint density at radius 1 is 1.47 bits per heavy atom. The Bertz CT molecular complexity index is 432. The van der Waals surface area contributed by atoms with Gasteiger partial charge in [0.1, 0.15) is 5.82 Å². The van der Waals surface area contributed by atoms with E-state index in [9.17, 15) is 9.50 Å². The normalized spacial score (nSPS) is 23.8. The van der Waals surface area contributed by atoms with Crippen LogP contribution in [-0.2, 0) is 0 Å². The average molecular weight is 266 g/mol. The Morgan fingerprint density at radius 3 is 2.74 bits per heavy atom. The number of hydrogen-bond donors (Lipinski definition) is 2. The van der Waals surface area contributed by atoms with E-state index < -0.39 is 0 Å². The second kappa shape index (κ2) is 5.88. The lowest BCUT2D eigenvalue weighted by atomic mass is 9.82. The van der Waals surface area contributed by atoms with Crippen LogP contribution >= 0.6 is 0 Å². The molecule has 1 unspecified atom stereocenters. The molecule has 1 aliphatic carbocycles. The highest BCUT2D eigenvalue weighted by molar-refractivity contribution is 5.55. The first-order valence-corrected chi connectivity index (χ1v) is 6.87. The van der Waals surface area contributed by atoms with Gasteiger partial charge in [0, 0.05) is 30.9 Å². The molecule has 3 nitrogen and oxygen atoms in total. The lowest BCUT2D eigenvalue weighted by Crippen LogP contribution is -2.37. The number of benzene rings is 1. The average Bonchev–Trinajstić information content (AvgIpc) is 2.35. The molecule has 0 aromatic heterocycles. The molecular weight excluding hydrogens is 243 g/mol. The maximum atomic E-state index is 14.0. The maximum absolute atomic E-state index is 14.0. The van der Waals surface area contributed by atoms with Gasteiger partial charge in [-0.05, 0) is 44.9 Å². The van der Waals surface area contributed by atoms with E-state index in [1.54, 1.807) is 6.07 Å². The van der Waals surface area contributed by atoms with Crippen molar-refractivity contribution in [3.05, 3.63) is 29.6 Å². The summed E-state index contributed by atoms with van der Waals surface area (Å²) < 4.78 is 14.0. The van der Waals surface area contributed by atoms with E-state index in [2.05, 4.69) is 10.2 Å². The zero-order chi connectivity index (χ0) is 14.0. The van der Waals surface area contributed by atoms with Crippen LogP contribution in [0.5, 0.6) is 0 Å². The first-order chi connectivity index (χ1) is 9.02. The zero-order valence-corrected chi connectivity index (χ0v) is 11.9. The fourth-order valence-electron chi connectivity index (χ4n) is 2.77. The predicted molar refractivity (Wildman–Crippen MR) is 75.9 cm³/mol. The second-order valence-corrected chi connectivity index (χ2v) is 5.55.